The van der Waals surface area contributed by atoms with Gasteiger partial charge in [-0.05, 0) is 43.4 Å². The normalized spacial score (nSPS) is 11.5. The second-order valence-corrected chi connectivity index (χ2v) is 6.16. The van der Waals surface area contributed by atoms with E-state index in [9.17, 15) is 18.0 Å². The number of rotatable bonds is 7. The Balaban J connectivity index is 1.50. The van der Waals surface area contributed by atoms with E-state index in [1.807, 2.05) is 30.3 Å². The third-order valence-corrected chi connectivity index (χ3v) is 3.68. The molecule has 7 nitrogen and oxygen atoms in total. The van der Waals surface area contributed by atoms with Crippen LogP contribution in [0.3, 0.4) is 0 Å². The van der Waals surface area contributed by atoms with Crippen molar-refractivity contribution in [2.45, 2.75) is 12.9 Å². The summed E-state index contributed by atoms with van der Waals surface area (Å²) in [5, 5.41) is 10.5. The standard InChI is InChI=1S/C19H17F3N4O3/c1-26(12-17-24-25-18(28-17)13-5-3-2-4-6-13)11-16(27)23-14-7-9-15(10-8-14)29-19(20,21)22/h2-10H,11-12H2,1H3,(H,23,27). The second kappa shape index (κ2) is 8.74. The van der Waals surface area contributed by atoms with Crippen molar-refractivity contribution in [3.8, 4) is 17.2 Å². The van der Waals surface area contributed by atoms with E-state index in [4.69, 9.17) is 4.42 Å². The Labute approximate surface area is 164 Å². The molecule has 0 saturated heterocycles. The smallest absolute Gasteiger partial charge is 0.419 e. The van der Waals surface area contributed by atoms with Crippen LogP contribution in [-0.2, 0) is 11.3 Å². The summed E-state index contributed by atoms with van der Waals surface area (Å²) < 4.78 is 45.8. The molecule has 0 atom stereocenters. The van der Waals surface area contributed by atoms with E-state index in [0.717, 1.165) is 17.7 Å². The summed E-state index contributed by atoms with van der Waals surface area (Å²) in [4.78, 5) is 13.8. The average molecular weight is 406 g/mol. The minimum Gasteiger partial charge on any atom is -0.419 e. The second-order valence-electron chi connectivity index (χ2n) is 6.16. The minimum atomic E-state index is -4.76. The van der Waals surface area contributed by atoms with Gasteiger partial charge in [-0.25, -0.2) is 0 Å². The molecule has 0 radical (unpaired) electrons. The van der Waals surface area contributed by atoms with Crippen molar-refractivity contribution >= 4 is 11.6 Å². The summed E-state index contributed by atoms with van der Waals surface area (Å²) in [6, 6.07) is 14.2. The number of nitrogens with one attached hydrogen (secondary N) is 1. The molecular weight excluding hydrogens is 389 g/mol. The van der Waals surface area contributed by atoms with Gasteiger partial charge in [0.25, 0.3) is 0 Å². The zero-order valence-electron chi connectivity index (χ0n) is 15.3. The van der Waals surface area contributed by atoms with Crippen LogP contribution in [0.4, 0.5) is 18.9 Å². The highest BCUT2D eigenvalue weighted by Gasteiger charge is 2.30. The monoisotopic (exact) mass is 406 g/mol. The molecule has 3 aromatic rings. The van der Waals surface area contributed by atoms with Gasteiger partial charge in [0, 0.05) is 11.3 Å². The van der Waals surface area contributed by atoms with Crippen molar-refractivity contribution in [2.75, 3.05) is 18.9 Å². The molecule has 29 heavy (non-hydrogen) atoms. The number of carbonyl (C=O) groups is 1. The summed E-state index contributed by atoms with van der Waals surface area (Å²) in [7, 11) is 1.70. The van der Waals surface area contributed by atoms with Crippen LogP contribution in [0.5, 0.6) is 5.75 Å². The molecule has 2 aromatic carbocycles. The molecule has 0 aliphatic carbocycles. The highest BCUT2D eigenvalue weighted by molar-refractivity contribution is 5.92. The molecule has 0 fully saturated rings. The number of benzene rings is 2. The van der Waals surface area contributed by atoms with E-state index < -0.39 is 6.36 Å². The first-order chi connectivity index (χ1) is 13.8. The SMILES string of the molecule is CN(CC(=O)Nc1ccc(OC(F)(F)F)cc1)Cc1nnc(-c2ccccc2)o1. The quantitative estimate of drug-likeness (QED) is 0.644. The predicted molar refractivity (Wildman–Crippen MR) is 97.8 cm³/mol. The molecule has 0 aliphatic heterocycles. The van der Waals surface area contributed by atoms with Crippen LogP contribution in [0.1, 0.15) is 5.89 Å². The summed E-state index contributed by atoms with van der Waals surface area (Å²) in [5.74, 6) is 0.0328. The number of nitrogens with zero attached hydrogens (tertiary/aromatic N) is 3. The Hall–Kier alpha value is -3.40. The van der Waals surface area contributed by atoms with E-state index in [2.05, 4.69) is 20.3 Å². The number of hydrogen-bond acceptors (Lipinski definition) is 6. The highest BCUT2D eigenvalue weighted by Crippen LogP contribution is 2.24. The van der Waals surface area contributed by atoms with Gasteiger partial charge < -0.3 is 14.5 Å². The van der Waals surface area contributed by atoms with Gasteiger partial charge in [-0.3, -0.25) is 9.69 Å². The lowest BCUT2D eigenvalue weighted by Crippen LogP contribution is -2.29. The van der Waals surface area contributed by atoms with Gasteiger partial charge >= 0.3 is 6.36 Å². The van der Waals surface area contributed by atoms with Crippen molar-refractivity contribution in [1.82, 2.24) is 15.1 Å². The molecule has 10 heteroatoms. The van der Waals surface area contributed by atoms with Crippen LogP contribution < -0.4 is 10.1 Å². The van der Waals surface area contributed by atoms with E-state index >= 15 is 0 Å². The molecule has 1 amide bonds. The van der Waals surface area contributed by atoms with Gasteiger partial charge in [-0.15, -0.1) is 23.4 Å². The number of alkyl halides is 3. The molecule has 0 unspecified atom stereocenters. The molecule has 1 heterocycles. The fourth-order valence-electron chi connectivity index (χ4n) is 2.49. The first-order valence-electron chi connectivity index (χ1n) is 8.50. The number of anilines is 1. The molecule has 1 aromatic heterocycles. The third kappa shape index (κ3) is 6.32. The zero-order valence-corrected chi connectivity index (χ0v) is 15.3. The Morgan fingerprint density at radius 1 is 1.10 bits per heavy atom. The summed E-state index contributed by atoms with van der Waals surface area (Å²) in [6.07, 6.45) is -4.76. The topological polar surface area (TPSA) is 80.5 Å². The average Bonchev–Trinajstić information content (AvgIpc) is 3.11. The molecule has 0 spiro atoms. The number of hydrogen-bond donors (Lipinski definition) is 1. The van der Waals surface area contributed by atoms with Gasteiger partial charge in [-0.2, -0.15) is 0 Å². The largest absolute Gasteiger partial charge is 0.573 e. The summed E-state index contributed by atoms with van der Waals surface area (Å²) >= 11 is 0. The zero-order chi connectivity index (χ0) is 20.9. The number of amides is 1. The maximum atomic E-state index is 12.2. The van der Waals surface area contributed by atoms with Crippen LogP contribution in [-0.4, -0.2) is 41.0 Å². The highest BCUT2D eigenvalue weighted by atomic mass is 19.4. The summed E-state index contributed by atoms with van der Waals surface area (Å²) in [6.45, 7) is 0.273. The fraction of sp³-hybridized carbons (Fsp3) is 0.211. The lowest BCUT2D eigenvalue weighted by molar-refractivity contribution is -0.274. The first-order valence-corrected chi connectivity index (χ1v) is 8.50. The van der Waals surface area contributed by atoms with Crippen LogP contribution >= 0.6 is 0 Å². The molecule has 152 valence electrons. The number of aromatic nitrogens is 2. The maximum absolute atomic E-state index is 12.2. The third-order valence-electron chi connectivity index (χ3n) is 3.68. The van der Waals surface area contributed by atoms with Crippen molar-refractivity contribution in [2.24, 2.45) is 0 Å². The van der Waals surface area contributed by atoms with Crippen LogP contribution in [0.25, 0.3) is 11.5 Å². The van der Waals surface area contributed by atoms with E-state index in [1.165, 1.54) is 12.1 Å². The predicted octanol–water partition coefficient (Wildman–Crippen LogP) is 3.71. The van der Waals surface area contributed by atoms with E-state index in [0.29, 0.717) is 17.5 Å². The van der Waals surface area contributed by atoms with E-state index in [1.54, 1.807) is 11.9 Å². The van der Waals surface area contributed by atoms with Gasteiger partial charge in [0.15, 0.2) is 0 Å². The molecule has 3 rings (SSSR count). The van der Waals surface area contributed by atoms with Crippen molar-refractivity contribution in [3.63, 3.8) is 0 Å². The van der Waals surface area contributed by atoms with Crippen molar-refractivity contribution < 1.29 is 27.1 Å². The first kappa shape index (κ1) is 20.3. The van der Waals surface area contributed by atoms with Crippen LogP contribution in [0.2, 0.25) is 0 Å². The number of carbonyl (C=O) groups excluding carboxylic acids is 1. The van der Waals surface area contributed by atoms with Crippen molar-refractivity contribution in [3.05, 3.63) is 60.5 Å². The van der Waals surface area contributed by atoms with E-state index in [-0.39, 0.29) is 24.7 Å². The molecule has 0 bridgehead atoms. The lowest BCUT2D eigenvalue weighted by Gasteiger charge is -2.14. The summed E-state index contributed by atoms with van der Waals surface area (Å²) in [5.41, 5.74) is 1.15. The number of halogens is 3. The van der Waals surface area contributed by atoms with Gasteiger partial charge in [-0.1, -0.05) is 18.2 Å². The Kier molecular flexibility index (Phi) is 6.13. The van der Waals surface area contributed by atoms with Gasteiger partial charge in [0.05, 0.1) is 13.1 Å². The molecule has 0 aliphatic rings. The molecule has 1 N–H and O–H groups in total. The molecule has 0 saturated carbocycles. The minimum absolute atomic E-state index is 0.0177. The fourth-order valence-corrected chi connectivity index (χ4v) is 2.49. The van der Waals surface area contributed by atoms with Gasteiger partial charge in [0.1, 0.15) is 5.75 Å². The number of likely N-dealkylation sites (N-methyl/N-ethyl adjacent to an activating group) is 1. The Morgan fingerprint density at radius 2 is 1.79 bits per heavy atom. The lowest BCUT2D eigenvalue weighted by atomic mass is 10.2. The van der Waals surface area contributed by atoms with Gasteiger partial charge in [0.2, 0.25) is 17.7 Å². The van der Waals surface area contributed by atoms with Crippen molar-refractivity contribution in [1.29, 1.82) is 0 Å². The van der Waals surface area contributed by atoms with Crippen LogP contribution in [0.15, 0.2) is 59.0 Å². The Morgan fingerprint density at radius 3 is 2.45 bits per heavy atom. The number of ether oxygens (including phenoxy) is 1. The molecular formula is C19H17F3N4O3. The maximum Gasteiger partial charge on any atom is 0.573 e. The Bertz CT molecular complexity index is 943. The van der Waals surface area contributed by atoms with Crippen LogP contribution in [0, 0.1) is 0 Å².